The highest BCUT2D eigenvalue weighted by atomic mass is 16.6. The first-order valence-corrected chi connectivity index (χ1v) is 6.01. The van der Waals surface area contributed by atoms with Crippen LogP contribution >= 0.6 is 0 Å². The van der Waals surface area contributed by atoms with Gasteiger partial charge in [-0.3, -0.25) is 4.79 Å². The molecule has 1 aromatic rings. The van der Waals surface area contributed by atoms with E-state index in [-0.39, 0.29) is 18.8 Å². The Kier molecular flexibility index (Phi) is 6.08. The van der Waals surface area contributed by atoms with Gasteiger partial charge in [0.05, 0.1) is 31.2 Å². The zero-order chi connectivity index (χ0) is 15.0. The summed E-state index contributed by atoms with van der Waals surface area (Å²) in [4.78, 5) is 35.2. The van der Waals surface area contributed by atoms with Crippen molar-refractivity contribution in [2.24, 2.45) is 0 Å². The predicted molar refractivity (Wildman–Crippen MR) is 66.6 cm³/mol. The number of rotatable bonds is 6. The van der Waals surface area contributed by atoms with Gasteiger partial charge in [-0.1, -0.05) is 0 Å². The van der Waals surface area contributed by atoms with E-state index < -0.39 is 23.9 Å². The van der Waals surface area contributed by atoms with Crippen LogP contribution in [0.1, 0.15) is 24.2 Å². The van der Waals surface area contributed by atoms with Gasteiger partial charge < -0.3 is 14.8 Å². The van der Waals surface area contributed by atoms with Crippen LogP contribution < -0.4 is 5.32 Å². The monoisotopic (exact) mass is 281 g/mol. The maximum atomic E-state index is 11.9. The number of carbonyl (C=O) groups excluding carboxylic acids is 3. The molecule has 8 nitrogen and oxygen atoms in total. The second-order valence-electron chi connectivity index (χ2n) is 3.54. The Bertz CT molecular complexity index is 459. The van der Waals surface area contributed by atoms with Gasteiger partial charge in [-0.15, -0.1) is 0 Å². The molecule has 1 aromatic heterocycles. The van der Waals surface area contributed by atoms with Crippen LogP contribution in [0, 0.1) is 0 Å². The van der Waals surface area contributed by atoms with Crippen LogP contribution in [0.15, 0.2) is 18.5 Å². The third-order valence-corrected chi connectivity index (χ3v) is 2.17. The Labute approximate surface area is 115 Å². The van der Waals surface area contributed by atoms with E-state index in [1.165, 1.54) is 18.5 Å². The number of ether oxygens (including phenoxy) is 2. The second kappa shape index (κ2) is 7.82. The van der Waals surface area contributed by atoms with Crippen molar-refractivity contribution in [1.82, 2.24) is 15.5 Å². The number of nitrogens with one attached hydrogen (secondary N) is 1. The van der Waals surface area contributed by atoms with Gasteiger partial charge >= 0.3 is 11.9 Å². The average Bonchev–Trinajstić information content (AvgIpc) is 2.45. The van der Waals surface area contributed by atoms with Crippen molar-refractivity contribution >= 4 is 17.8 Å². The summed E-state index contributed by atoms with van der Waals surface area (Å²) >= 11 is 0. The molecular formula is C12H15N3O5. The third kappa shape index (κ3) is 4.30. The van der Waals surface area contributed by atoms with Crippen LogP contribution in [0.4, 0.5) is 0 Å². The number of hydrogen-bond acceptors (Lipinski definition) is 7. The van der Waals surface area contributed by atoms with Crippen molar-refractivity contribution in [2.45, 2.75) is 19.9 Å². The van der Waals surface area contributed by atoms with Gasteiger partial charge in [-0.2, -0.15) is 10.2 Å². The summed E-state index contributed by atoms with van der Waals surface area (Å²) in [5.74, 6) is -2.39. The summed E-state index contributed by atoms with van der Waals surface area (Å²) in [5, 5.41) is 9.30. The first-order chi connectivity index (χ1) is 9.60. The zero-order valence-electron chi connectivity index (χ0n) is 11.2. The molecule has 1 amide bonds. The van der Waals surface area contributed by atoms with Crippen LogP contribution in [0.3, 0.4) is 0 Å². The Morgan fingerprint density at radius 3 is 2.20 bits per heavy atom. The topological polar surface area (TPSA) is 107 Å². The van der Waals surface area contributed by atoms with Crippen molar-refractivity contribution < 1.29 is 23.9 Å². The van der Waals surface area contributed by atoms with Gasteiger partial charge in [0.15, 0.2) is 0 Å². The molecule has 0 fully saturated rings. The van der Waals surface area contributed by atoms with E-state index in [0.29, 0.717) is 0 Å². The Morgan fingerprint density at radius 2 is 1.75 bits per heavy atom. The fourth-order valence-corrected chi connectivity index (χ4v) is 1.30. The molecule has 1 N–H and O–H groups in total. The van der Waals surface area contributed by atoms with Crippen LogP contribution in [-0.2, 0) is 19.1 Å². The lowest BCUT2D eigenvalue weighted by Crippen LogP contribution is -2.48. The Morgan fingerprint density at radius 1 is 1.15 bits per heavy atom. The summed E-state index contributed by atoms with van der Waals surface area (Å²) in [6, 6.07) is -0.106. The minimum Gasteiger partial charge on any atom is -0.464 e. The van der Waals surface area contributed by atoms with E-state index >= 15 is 0 Å². The van der Waals surface area contributed by atoms with Crippen LogP contribution in [0.2, 0.25) is 0 Å². The molecule has 0 aliphatic rings. The fraction of sp³-hybridized carbons (Fsp3) is 0.417. The molecule has 0 atom stereocenters. The first-order valence-electron chi connectivity index (χ1n) is 6.01. The van der Waals surface area contributed by atoms with Gasteiger partial charge in [0.25, 0.3) is 5.91 Å². The number of esters is 2. The smallest absolute Gasteiger partial charge is 0.340 e. The molecule has 0 saturated carbocycles. The largest absolute Gasteiger partial charge is 0.464 e. The van der Waals surface area contributed by atoms with E-state index in [0.717, 1.165) is 0 Å². The number of hydrogen-bond donors (Lipinski definition) is 1. The molecule has 1 heterocycles. The predicted octanol–water partition coefficient (Wildman–Crippen LogP) is -0.299. The Hall–Kier alpha value is -2.51. The van der Waals surface area contributed by atoms with Crippen LogP contribution in [0.5, 0.6) is 0 Å². The van der Waals surface area contributed by atoms with Crippen LogP contribution in [-0.4, -0.2) is 47.3 Å². The van der Waals surface area contributed by atoms with Gasteiger partial charge in [0.2, 0.25) is 6.04 Å². The molecule has 0 aliphatic heterocycles. The molecule has 0 saturated heterocycles. The summed E-state index contributed by atoms with van der Waals surface area (Å²) < 4.78 is 9.45. The zero-order valence-corrected chi connectivity index (χ0v) is 11.2. The van der Waals surface area contributed by atoms with Crippen molar-refractivity contribution in [1.29, 1.82) is 0 Å². The maximum absolute atomic E-state index is 11.9. The van der Waals surface area contributed by atoms with Gasteiger partial charge in [0, 0.05) is 0 Å². The summed E-state index contributed by atoms with van der Waals surface area (Å²) in [6.45, 7) is 3.35. The van der Waals surface area contributed by atoms with Crippen molar-refractivity contribution in [3.05, 3.63) is 24.0 Å². The number of aromatic nitrogens is 2. The SMILES string of the molecule is CCOC(=O)C(NC(=O)c1ccnnc1)C(=O)OCC. The molecule has 0 unspecified atom stereocenters. The summed E-state index contributed by atoms with van der Waals surface area (Å²) in [6.07, 6.45) is 2.53. The molecule has 0 radical (unpaired) electrons. The second-order valence-corrected chi connectivity index (χ2v) is 3.54. The highest BCUT2D eigenvalue weighted by Crippen LogP contribution is 1.99. The van der Waals surface area contributed by atoms with Crippen LogP contribution in [0.25, 0.3) is 0 Å². The third-order valence-electron chi connectivity index (χ3n) is 2.17. The highest BCUT2D eigenvalue weighted by Gasteiger charge is 2.31. The molecule has 108 valence electrons. The molecule has 8 heteroatoms. The number of nitrogens with zero attached hydrogens (tertiary/aromatic N) is 2. The van der Waals surface area contributed by atoms with Crippen molar-refractivity contribution in [2.75, 3.05) is 13.2 Å². The lowest BCUT2D eigenvalue weighted by Gasteiger charge is -2.15. The molecule has 1 rings (SSSR count). The average molecular weight is 281 g/mol. The number of amides is 1. The van der Waals surface area contributed by atoms with E-state index in [1.807, 2.05) is 0 Å². The van der Waals surface area contributed by atoms with Gasteiger partial charge in [-0.25, -0.2) is 9.59 Å². The quantitative estimate of drug-likeness (QED) is 0.563. The van der Waals surface area contributed by atoms with Gasteiger partial charge in [0.1, 0.15) is 0 Å². The van der Waals surface area contributed by atoms with E-state index in [2.05, 4.69) is 15.5 Å². The molecule has 0 aliphatic carbocycles. The van der Waals surface area contributed by atoms with E-state index in [4.69, 9.17) is 9.47 Å². The normalized spacial score (nSPS) is 9.95. The molecule has 0 aromatic carbocycles. The molecule has 0 spiro atoms. The fourth-order valence-electron chi connectivity index (χ4n) is 1.30. The maximum Gasteiger partial charge on any atom is 0.340 e. The first kappa shape index (κ1) is 15.5. The minimum absolute atomic E-state index is 0.0847. The molecule has 0 bridgehead atoms. The van der Waals surface area contributed by atoms with Crippen molar-refractivity contribution in [3.63, 3.8) is 0 Å². The standard InChI is InChI=1S/C12H15N3O5/c1-3-19-11(17)9(12(18)20-4-2)15-10(16)8-5-6-13-14-7-8/h5-7,9H,3-4H2,1-2H3,(H,15,16). The van der Waals surface area contributed by atoms with E-state index in [1.54, 1.807) is 13.8 Å². The van der Waals surface area contributed by atoms with Crippen molar-refractivity contribution in [3.8, 4) is 0 Å². The van der Waals surface area contributed by atoms with E-state index in [9.17, 15) is 14.4 Å². The Balaban J connectivity index is 2.81. The molecule has 20 heavy (non-hydrogen) atoms. The molecular weight excluding hydrogens is 266 g/mol. The summed E-state index contributed by atoms with van der Waals surface area (Å²) in [5.41, 5.74) is 0.165. The van der Waals surface area contributed by atoms with Gasteiger partial charge in [-0.05, 0) is 19.9 Å². The highest BCUT2D eigenvalue weighted by molar-refractivity contribution is 6.05. The lowest BCUT2D eigenvalue weighted by atomic mass is 10.2. The summed E-state index contributed by atoms with van der Waals surface area (Å²) in [7, 11) is 0. The minimum atomic E-state index is -1.50. The lowest BCUT2D eigenvalue weighted by molar-refractivity contribution is -0.157. The number of carbonyl (C=O) groups is 3.